The summed E-state index contributed by atoms with van der Waals surface area (Å²) in [5.74, 6) is -2.47. The van der Waals surface area contributed by atoms with Crippen molar-refractivity contribution in [3.8, 4) is 0 Å². The van der Waals surface area contributed by atoms with Crippen molar-refractivity contribution in [2.75, 3.05) is 32.8 Å². The molecular formula is C27H32N6O5. The molecule has 1 aromatic carbocycles. The minimum atomic E-state index is -1.34. The van der Waals surface area contributed by atoms with Gasteiger partial charge in [0.15, 0.2) is 0 Å². The number of aliphatic hydroxyl groups is 1. The van der Waals surface area contributed by atoms with Gasteiger partial charge in [-0.3, -0.25) is 14.4 Å². The minimum absolute atomic E-state index is 0.0308. The molecule has 1 aromatic heterocycles. The number of β-amino-alcohol motifs (C(OH)–C–C–N with tert-alkyl or cyclic N) is 1. The number of ether oxygens (including phenoxy) is 1. The number of hydrogen-bond donors (Lipinski definition) is 1. The van der Waals surface area contributed by atoms with Crippen LogP contribution in [-0.4, -0.2) is 103 Å². The third kappa shape index (κ3) is 3.45. The van der Waals surface area contributed by atoms with E-state index in [-0.39, 0.29) is 44.1 Å². The van der Waals surface area contributed by atoms with Crippen molar-refractivity contribution in [1.29, 1.82) is 0 Å². The zero-order valence-electron chi connectivity index (χ0n) is 21.6. The first-order valence-electron chi connectivity index (χ1n) is 13.2. The average Bonchev–Trinajstić information content (AvgIpc) is 3.42. The van der Waals surface area contributed by atoms with Crippen molar-refractivity contribution in [3.05, 3.63) is 48.6 Å². The highest BCUT2D eigenvalue weighted by Gasteiger charge is 2.74. The van der Waals surface area contributed by atoms with Crippen LogP contribution in [0, 0.1) is 11.8 Å². The first-order chi connectivity index (χ1) is 18.3. The summed E-state index contributed by atoms with van der Waals surface area (Å²) in [5, 5.41) is 18.3. The summed E-state index contributed by atoms with van der Waals surface area (Å²) in [6.07, 6.45) is 8.23. The maximum absolute atomic E-state index is 14.2. The van der Waals surface area contributed by atoms with Crippen LogP contribution in [-0.2, 0) is 25.8 Å². The zero-order valence-corrected chi connectivity index (χ0v) is 21.6. The second kappa shape index (κ2) is 9.02. The molecule has 1 spiro atoms. The standard InChI is InChI=1S/C27H32N6O5/c1-3-12-30-13-6-10-26(2)20(23(30)35)21-24(36)32(15-16-34)22-25(37)31(14-7-11-27(21,22)38-26)17-33-19-9-5-4-8-18(19)28-29-33/h4-11,20-22,34H,3,12-17H2,1-2H3/t20-,21-,22?,26+,27-/m0/s1. The third-order valence-corrected chi connectivity index (χ3v) is 8.28. The van der Waals surface area contributed by atoms with Crippen LogP contribution in [0.25, 0.3) is 11.0 Å². The van der Waals surface area contributed by atoms with Gasteiger partial charge in [0.2, 0.25) is 11.8 Å². The summed E-state index contributed by atoms with van der Waals surface area (Å²) >= 11 is 0. The first kappa shape index (κ1) is 24.7. The van der Waals surface area contributed by atoms with E-state index >= 15 is 0 Å². The van der Waals surface area contributed by atoms with E-state index in [2.05, 4.69) is 10.3 Å². The van der Waals surface area contributed by atoms with Crippen LogP contribution in [0.15, 0.2) is 48.6 Å². The van der Waals surface area contributed by atoms with Crippen LogP contribution in [0.3, 0.4) is 0 Å². The van der Waals surface area contributed by atoms with Gasteiger partial charge < -0.3 is 24.5 Å². The fraction of sp³-hybridized carbons (Fsp3) is 0.519. The van der Waals surface area contributed by atoms with Crippen molar-refractivity contribution in [3.63, 3.8) is 0 Å². The van der Waals surface area contributed by atoms with Gasteiger partial charge in [-0.1, -0.05) is 48.6 Å². The van der Waals surface area contributed by atoms with Gasteiger partial charge in [-0.25, -0.2) is 4.68 Å². The number of aliphatic hydroxyl groups excluding tert-OH is 1. The van der Waals surface area contributed by atoms with Gasteiger partial charge in [0.1, 0.15) is 23.8 Å². The fourth-order valence-corrected chi connectivity index (χ4v) is 6.75. The summed E-state index contributed by atoms with van der Waals surface area (Å²) in [6, 6.07) is 6.47. The van der Waals surface area contributed by atoms with Crippen molar-refractivity contribution in [2.45, 2.75) is 44.2 Å². The molecule has 4 aliphatic heterocycles. The van der Waals surface area contributed by atoms with E-state index in [1.807, 2.05) is 56.3 Å². The molecule has 0 aliphatic carbocycles. The van der Waals surface area contributed by atoms with E-state index in [0.29, 0.717) is 18.6 Å². The fourth-order valence-electron chi connectivity index (χ4n) is 6.75. The van der Waals surface area contributed by atoms with Gasteiger partial charge >= 0.3 is 0 Å². The molecular weight excluding hydrogens is 488 g/mol. The van der Waals surface area contributed by atoms with Gasteiger partial charge in [-0.15, -0.1) is 5.10 Å². The molecule has 11 heteroatoms. The highest BCUT2D eigenvalue weighted by Crippen LogP contribution is 2.57. The van der Waals surface area contributed by atoms with Gasteiger partial charge in [0.25, 0.3) is 5.91 Å². The maximum Gasteiger partial charge on any atom is 0.250 e. The van der Waals surface area contributed by atoms with Gasteiger partial charge in [-0.05, 0) is 25.5 Å². The summed E-state index contributed by atoms with van der Waals surface area (Å²) in [6.45, 7) is 4.92. The van der Waals surface area contributed by atoms with Crippen LogP contribution in [0.4, 0.5) is 0 Å². The van der Waals surface area contributed by atoms with Crippen LogP contribution in [0.1, 0.15) is 20.3 Å². The number of benzene rings is 1. The molecule has 38 heavy (non-hydrogen) atoms. The minimum Gasteiger partial charge on any atom is -0.395 e. The number of carbonyl (C=O) groups excluding carboxylic acids is 3. The molecule has 0 bridgehead atoms. The number of likely N-dealkylation sites (tertiary alicyclic amines) is 1. The summed E-state index contributed by atoms with van der Waals surface area (Å²) < 4.78 is 8.40. The highest BCUT2D eigenvalue weighted by atomic mass is 16.5. The second-order valence-electron chi connectivity index (χ2n) is 10.6. The number of rotatable bonds is 6. The highest BCUT2D eigenvalue weighted by molar-refractivity contribution is 6.00. The van der Waals surface area contributed by atoms with Crippen molar-refractivity contribution in [1.82, 2.24) is 29.7 Å². The van der Waals surface area contributed by atoms with Crippen LogP contribution >= 0.6 is 0 Å². The normalized spacial score (nSPS) is 32.6. The number of aromatic nitrogens is 3. The lowest BCUT2D eigenvalue weighted by molar-refractivity contribution is -0.154. The Bertz CT molecular complexity index is 1350. The number of amides is 3. The molecule has 11 nitrogen and oxygen atoms in total. The van der Waals surface area contributed by atoms with Crippen LogP contribution < -0.4 is 0 Å². The van der Waals surface area contributed by atoms with E-state index < -0.39 is 29.1 Å². The number of para-hydroxylation sites is 1. The molecule has 200 valence electrons. The average molecular weight is 521 g/mol. The molecule has 3 amide bonds. The molecule has 1 unspecified atom stereocenters. The summed E-state index contributed by atoms with van der Waals surface area (Å²) in [4.78, 5) is 46.9. The molecule has 2 aromatic rings. The summed E-state index contributed by atoms with van der Waals surface area (Å²) in [5.41, 5.74) is -0.883. The largest absolute Gasteiger partial charge is 0.395 e. The molecule has 5 atom stereocenters. The molecule has 5 heterocycles. The van der Waals surface area contributed by atoms with E-state index in [9.17, 15) is 19.5 Å². The van der Waals surface area contributed by atoms with E-state index in [4.69, 9.17) is 4.74 Å². The first-order valence-corrected chi connectivity index (χ1v) is 13.2. The SMILES string of the molecule is CCCN1CC=C[C@@]2(C)O[C@]34C=CCN(Cn5nnc6ccccc65)C(=O)C3N(CCO)C(=O)[C@@H]4[C@H]2C1=O. The van der Waals surface area contributed by atoms with Gasteiger partial charge in [0, 0.05) is 26.2 Å². The van der Waals surface area contributed by atoms with Gasteiger partial charge in [-0.2, -0.15) is 0 Å². The monoisotopic (exact) mass is 520 g/mol. The molecule has 0 saturated carbocycles. The van der Waals surface area contributed by atoms with E-state index in [1.165, 1.54) is 4.90 Å². The van der Waals surface area contributed by atoms with Crippen molar-refractivity contribution < 1.29 is 24.2 Å². The smallest absolute Gasteiger partial charge is 0.250 e. The molecule has 0 radical (unpaired) electrons. The predicted molar refractivity (Wildman–Crippen MR) is 136 cm³/mol. The molecule has 2 fully saturated rings. The Morgan fingerprint density at radius 3 is 2.55 bits per heavy atom. The number of carbonyl (C=O) groups is 3. The maximum atomic E-state index is 14.2. The molecule has 1 N–H and O–H groups in total. The van der Waals surface area contributed by atoms with Crippen LogP contribution in [0.5, 0.6) is 0 Å². The lowest BCUT2D eigenvalue weighted by atomic mass is 9.74. The Labute approximate surface area is 220 Å². The molecule has 4 aliphatic rings. The van der Waals surface area contributed by atoms with Gasteiger partial charge in [0.05, 0.1) is 29.6 Å². The number of nitrogens with zero attached hydrogens (tertiary/aromatic N) is 6. The molecule has 2 saturated heterocycles. The Kier molecular flexibility index (Phi) is 5.88. The quantitative estimate of drug-likeness (QED) is 0.553. The van der Waals surface area contributed by atoms with Crippen molar-refractivity contribution in [2.24, 2.45) is 11.8 Å². The Balaban J connectivity index is 1.41. The predicted octanol–water partition coefficient (Wildman–Crippen LogP) is 0.559. The van der Waals surface area contributed by atoms with Crippen molar-refractivity contribution >= 4 is 28.8 Å². The zero-order chi connectivity index (χ0) is 26.7. The number of hydrogen-bond acceptors (Lipinski definition) is 7. The summed E-state index contributed by atoms with van der Waals surface area (Å²) in [7, 11) is 0. The lowest BCUT2D eigenvalue weighted by Crippen LogP contribution is -2.56. The second-order valence-corrected chi connectivity index (χ2v) is 10.6. The van der Waals surface area contributed by atoms with E-state index in [1.54, 1.807) is 20.6 Å². The van der Waals surface area contributed by atoms with E-state index in [0.717, 1.165) is 11.9 Å². The lowest BCUT2D eigenvalue weighted by Gasteiger charge is -2.37. The van der Waals surface area contributed by atoms with Crippen LogP contribution in [0.2, 0.25) is 0 Å². The molecule has 6 rings (SSSR count). The topological polar surface area (TPSA) is 121 Å². The third-order valence-electron chi connectivity index (χ3n) is 8.28. The Morgan fingerprint density at radius 1 is 1.00 bits per heavy atom. The Morgan fingerprint density at radius 2 is 1.76 bits per heavy atom. The Hall–Kier alpha value is -3.57. The number of fused-ring (bicyclic) bond motifs is 3.